The van der Waals surface area contributed by atoms with E-state index in [4.69, 9.17) is 23.2 Å². The third-order valence-electron chi connectivity index (χ3n) is 2.84. The van der Waals surface area contributed by atoms with Gasteiger partial charge in [0.2, 0.25) is 0 Å². The molecular formula is C12H14Cl2N4. The van der Waals surface area contributed by atoms with E-state index in [0.717, 1.165) is 11.3 Å². The summed E-state index contributed by atoms with van der Waals surface area (Å²) in [7, 11) is 1.87. The van der Waals surface area contributed by atoms with Crippen molar-refractivity contribution >= 4 is 23.2 Å². The van der Waals surface area contributed by atoms with Gasteiger partial charge in [0.05, 0.1) is 21.9 Å². The minimum Gasteiger partial charge on any atom is -0.305 e. The third kappa shape index (κ3) is 3.02. The summed E-state index contributed by atoms with van der Waals surface area (Å²) in [6, 6.07) is 5.83. The Bertz CT molecular complexity index is 539. The highest BCUT2D eigenvalue weighted by atomic mass is 35.5. The molecule has 1 heterocycles. The van der Waals surface area contributed by atoms with Crippen molar-refractivity contribution in [3.63, 3.8) is 0 Å². The Morgan fingerprint density at radius 3 is 2.72 bits per heavy atom. The first-order chi connectivity index (χ1) is 8.58. The second-order valence-electron chi connectivity index (χ2n) is 4.13. The first-order valence-corrected chi connectivity index (χ1v) is 6.35. The van der Waals surface area contributed by atoms with E-state index in [9.17, 15) is 0 Å². The van der Waals surface area contributed by atoms with Crippen molar-refractivity contribution in [3.8, 4) is 0 Å². The molecule has 0 bridgehead atoms. The fraction of sp³-hybridized carbons (Fsp3) is 0.333. The Balaban J connectivity index is 2.01. The number of hydrogen-bond donors (Lipinski definition) is 1. The summed E-state index contributed by atoms with van der Waals surface area (Å²) in [4.78, 5) is 0. The highest BCUT2D eigenvalue weighted by molar-refractivity contribution is 6.42. The molecule has 6 heteroatoms. The molecular weight excluding hydrogens is 271 g/mol. The van der Waals surface area contributed by atoms with E-state index in [0.29, 0.717) is 16.6 Å². The van der Waals surface area contributed by atoms with Crippen molar-refractivity contribution in [3.05, 3.63) is 45.7 Å². The fourth-order valence-electron chi connectivity index (χ4n) is 1.63. The molecule has 2 aromatic rings. The van der Waals surface area contributed by atoms with Gasteiger partial charge in [-0.1, -0.05) is 34.5 Å². The lowest BCUT2D eigenvalue weighted by Crippen LogP contribution is -2.19. The molecule has 2 rings (SSSR count). The standard InChI is InChI=1S/C12H14Cl2N4/c1-8(9-3-4-11(13)12(14)5-9)15-6-10-7-16-17-18(10)2/h3-5,7-8,15H,6H2,1-2H3. The smallest absolute Gasteiger partial charge is 0.0738 e. The molecule has 1 N–H and O–H groups in total. The van der Waals surface area contributed by atoms with Crippen LogP contribution in [-0.2, 0) is 13.6 Å². The van der Waals surface area contributed by atoms with Crippen LogP contribution in [0.3, 0.4) is 0 Å². The SMILES string of the molecule is CC(NCc1cnnn1C)c1ccc(Cl)c(Cl)c1. The zero-order valence-electron chi connectivity index (χ0n) is 10.2. The monoisotopic (exact) mass is 284 g/mol. The minimum atomic E-state index is 0.176. The van der Waals surface area contributed by atoms with E-state index in [-0.39, 0.29) is 6.04 Å². The van der Waals surface area contributed by atoms with Crippen LogP contribution in [0, 0.1) is 0 Å². The molecule has 0 fully saturated rings. The summed E-state index contributed by atoms with van der Waals surface area (Å²) >= 11 is 11.9. The highest BCUT2D eigenvalue weighted by Gasteiger charge is 2.08. The van der Waals surface area contributed by atoms with E-state index in [1.54, 1.807) is 10.9 Å². The predicted octanol–water partition coefficient (Wildman–Crippen LogP) is 2.97. The zero-order valence-corrected chi connectivity index (χ0v) is 11.7. The molecule has 0 radical (unpaired) electrons. The van der Waals surface area contributed by atoms with Crippen LogP contribution in [0.15, 0.2) is 24.4 Å². The van der Waals surface area contributed by atoms with Gasteiger partial charge in [0.1, 0.15) is 0 Å². The predicted molar refractivity (Wildman–Crippen MR) is 72.7 cm³/mol. The van der Waals surface area contributed by atoms with Gasteiger partial charge in [-0.25, -0.2) is 0 Å². The van der Waals surface area contributed by atoms with Crippen LogP contribution < -0.4 is 5.32 Å². The number of benzene rings is 1. The van der Waals surface area contributed by atoms with E-state index in [2.05, 4.69) is 22.6 Å². The van der Waals surface area contributed by atoms with Crippen LogP contribution in [0.5, 0.6) is 0 Å². The molecule has 18 heavy (non-hydrogen) atoms. The van der Waals surface area contributed by atoms with Crippen molar-refractivity contribution in [1.82, 2.24) is 20.3 Å². The molecule has 0 aliphatic heterocycles. The number of aryl methyl sites for hydroxylation is 1. The van der Waals surface area contributed by atoms with Gasteiger partial charge in [-0.05, 0) is 24.6 Å². The lowest BCUT2D eigenvalue weighted by molar-refractivity contribution is 0.546. The Morgan fingerprint density at radius 2 is 2.11 bits per heavy atom. The molecule has 1 aromatic heterocycles. The quantitative estimate of drug-likeness (QED) is 0.939. The summed E-state index contributed by atoms with van der Waals surface area (Å²) in [5.41, 5.74) is 2.13. The largest absolute Gasteiger partial charge is 0.305 e. The highest BCUT2D eigenvalue weighted by Crippen LogP contribution is 2.25. The Morgan fingerprint density at radius 1 is 1.33 bits per heavy atom. The molecule has 0 amide bonds. The van der Waals surface area contributed by atoms with E-state index in [1.807, 2.05) is 25.2 Å². The van der Waals surface area contributed by atoms with Crippen LogP contribution >= 0.6 is 23.2 Å². The average Bonchev–Trinajstić information content (AvgIpc) is 2.75. The van der Waals surface area contributed by atoms with Gasteiger partial charge in [0, 0.05) is 19.6 Å². The summed E-state index contributed by atoms with van der Waals surface area (Å²) in [5.74, 6) is 0. The Labute approximate surface area is 116 Å². The van der Waals surface area contributed by atoms with Gasteiger partial charge in [-0.15, -0.1) is 5.10 Å². The zero-order chi connectivity index (χ0) is 13.1. The van der Waals surface area contributed by atoms with Crippen molar-refractivity contribution in [2.45, 2.75) is 19.5 Å². The fourth-order valence-corrected chi connectivity index (χ4v) is 1.93. The van der Waals surface area contributed by atoms with Crippen molar-refractivity contribution < 1.29 is 0 Å². The van der Waals surface area contributed by atoms with Crippen LogP contribution in [0.4, 0.5) is 0 Å². The van der Waals surface area contributed by atoms with Gasteiger partial charge in [0.15, 0.2) is 0 Å². The molecule has 0 aliphatic rings. The van der Waals surface area contributed by atoms with Gasteiger partial charge in [0.25, 0.3) is 0 Å². The number of rotatable bonds is 4. The summed E-state index contributed by atoms with van der Waals surface area (Å²) in [6.45, 7) is 2.77. The number of nitrogens with zero attached hydrogens (tertiary/aromatic N) is 3. The number of hydrogen-bond acceptors (Lipinski definition) is 3. The summed E-state index contributed by atoms with van der Waals surface area (Å²) < 4.78 is 1.74. The topological polar surface area (TPSA) is 42.7 Å². The molecule has 0 aliphatic carbocycles. The van der Waals surface area contributed by atoms with E-state index < -0.39 is 0 Å². The van der Waals surface area contributed by atoms with Crippen molar-refractivity contribution in [1.29, 1.82) is 0 Å². The van der Waals surface area contributed by atoms with Crippen LogP contribution in [-0.4, -0.2) is 15.0 Å². The normalized spacial score (nSPS) is 12.7. The molecule has 0 saturated carbocycles. The van der Waals surface area contributed by atoms with Crippen molar-refractivity contribution in [2.75, 3.05) is 0 Å². The van der Waals surface area contributed by atoms with Gasteiger partial charge >= 0.3 is 0 Å². The van der Waals surface area contributed by atoms with E-state index >= 15 is 0 Å². The number of nitrogens with one attached hydrogen (secondary N) is 1. The maximum atomic E-state index is 6.00. The maximum Gasteiger partial charge on any atom is 0.0738 e. The third-order valence-corrected chi connectivity index (χ3v) is 3.58. The minimum absolute atomic E-state index is 0.176. The molecule has 1 atom stereocenters. The van der Waals surface area contributed by atoms with E-state index in [1.165, 1.54) is 0 Å². The molecule has 96 valence electrons. The maximum absolute atomic E-state index is 6.00. The Hall–Kier alpha value is -1.10. The lowest BCUT2D eigenvalue weighted by Gasteiger charge is -2.14. The summed E-state index contributed by atoms with van der Waals surface area (Å²) in [5, 5.41) is 12.2. The van der Waals surface area contributed by atoms with Crippen LogP contribution in [0.2, 0.25) is 10.0 Å². The second-order valence-corrected chi connectivity index (χ2v) is 4.94. The number of halogens is 2. The molecule has 1 aromatic carbocycles. The molecule has 0 spiro atoms. The van der Waals surface area contributed by atoms with Crippen molar-refractivity contribution in [2.24, 2.45) is 7.05 Å². The number of aromatic nitrogens is 3. The first-order valence-electron chi connectivity index (χ1n) is 5.60. The van der Waals surface area contributed by atoms with Crippen LogP contribution in [0.25, 0.3) is 0 Å². The summed E-state index contributed by atoms with van der Waals surface area (Å²) in [6.07, 6.45) is 1.74. The van der Waals surface area contributed by atoms with Crippen LogP contribution in [0.1, 0.15) is 24.2 Å². The second kappa shape index (κ2) is 5.69. The lowest BCUT2D eigenvalue weighted by atomic mass is 10.1. The van der Waals surface area contributed by atoms with Gasteiger partial charge in [-0.3, -0.25) is 4.68 Å². The molecule has 4 nitrogen and oxygen atoms in total. The Kier molecular flexibility index (Phi) is 4.22. The van der Waals surface area contributed by atoms with Gasteiger partial charge in [-0.2, -0.15) is 0 Å². The molecule has 1 unspecified atom stereocenters. The molecule has 0 saturated heterocycles. The average molecular weight is 285 g/mol. The first kappa shape index (κ1) is 13.3. The van der Waals surface area contributed by atoms with Gasteiger partial charge < -0.3 is 5.32 Å².